The summed E-state index contributed by atoms with van der Waals surface area (Å²) >= 11 is 0. The number of carbonyl (C=O) groups excluding carboxylic acids is 1. The summed E-state index contributed by atoms with van der Waals surface area (Å²) in [5, 5.41) is 3.29. The lowest BCUT2D eigenvalue weighted by Crippen LogP contribution is -3.12. The molecule has 1 saturated carbocycles. The molecule has 2 aromatic rings. The Balaban J connectivity index is 1.22. The average molecular weight is 492 g/mol. The standard InChI is InChI=1S/C29H38N4O3/c34-28-26(25-9-5-4-6-22(25)19-31-12-14-36-15-13-31)10-11-27-23-16-21(18-33(27)28)17-32(20-23)29(35)30-24-7-2-1-3-8-24/h4-6,9-11,21,23-24H,1-3,7-8,12-20H2,(H,30,35)/p+1/t21-,23+/m0/s1. The second-order valence-electron chi connectivity index (χ2n) is 11.3. The molecule has 4 heterocycles. The van der Waals surface area contributed by atoms with Gasteiger partial charge in [0.1, 0.15) is 19.6 Å². The number of nitrogens with zero attached hydrogens (tertiary/aromatic N) is 2. The number of urea groups is 1. The third-order valence-corrected chi connectivity index (χ3v) is 8.77. The lowest BCUT2D eigenvalue weighted by molar-refractivity contribution is -0.921. The number of aromatic nitrogens is 1. The highest BCUT2D eigenvalue weighted by Gasteiger charge is 2.37. The maximum absolute atomic E-state index is 13.8. The first kappa shape index (κ1) is 23.7. The molecule has 0 unspecified atom stereocenters. The van der Waals surface area contributed by atoms with E-state index in [1.807, 2.05) is 21.6 Å². The molecule has 2 amide bonds. The van der Waals surface area contributed by atoms with Crippen LogP contribution in [0.3, 0.4) is 0 Å². The van der Waals surface area contributed by atoms with Crippen LogP contribution in [0, 0.1) is 5.92 Å². The zero-order valence-electron chi connectivity index (χ0n) is 21.2. The molecular weight excluding hydrogens is 452 g/mol. The molecular formula is C29H39N4O3+. The number of amides is 2. The number of ether oxygens (including phenoxy) is 1. The van der Waals surface area contributed by atoms with Crippen molar-refractivity contribution in [2.75, 3.05) is 39.4 Å². The molecule has 7 nitrogen and oxygen atoms in total. The summed E-state index contributed by atoms with van der Waals surface area (Å²) in [4.78, 5) is 30.4. The fraction of sp³-hybridized carbons (Fsp3) is 0.586. The van der Waals surface area contributed by atoms with Crippen molar-refractivity contribution in [2.24, 2.45) is 5.92 Å². The lowest BCUT2D eigenvalue weighted by Gasteiger charge is -2.43. The molecule has 2 saturated heterocycles. The van der Waals surface area contributed by atoms with E-state index in [1.54, 1.807) is 0 Å². The molecule has 7 heteroatoms. The van der Waals surface area contributed by atoms with Crippen LogP contribution < -0.4 is 15.8 Å². The molecule has 192 valence electrons. The van der Waals surface area contributed by atoms with Crippen LogP contribution in [-0.2, 0) is 17.8 Å². The predicted molar refractivity (Wildman–Crippen MR) is 139 cm³/mol. The Morgan fingerprint density at radius 2 is 1.78 bits per heavy atom. The second kappa shape index (κ2) is 10.4. The van der Waals surface area contributed by atoms with Crippen LogP contribution in [0.4, 0.5) is 4.79 Å². The summed E-state index contributed by atoms with van der Waals surface area (Å²) < 4.78 is 7.54. The van der Waals surface area contributed by atoms with Gasteiger partial charge in [-0.2, -0.15) is 0 Å². The van der Waals surface area contributed by atoms with Gasteiger partial charge in [-0.1, -0.05) is 43.5 Å². The fourth-order valence-electron chi connectivity index (χ4n) is 6.87. The normalized spacial score (nSPS) is 24.8. The number of benzene rings is 1. The average Bonchev–Trinajstić information content (AvgIpc) is 2.91. The van der Waals surface area contributed by atoms with E-state index < -0.39 is 0 Å². The van der Waals surface area contributed by atoms with Gasteiger partial charge in [0, 0.05) is 48.4 Å². The maximum atomic E-state index is 13.8. The number of fused-ring (bicyclic) bond motifs is 4. The van der Waals surface area contributed by atoms with E-state index in [0.29, 0.717) is 25.0 Å². The Labute approximate surface area is 213 Å². The lowest BCUT2D eigenvalue weighted by atomic mass is 9.82. The molecule has 3 aliphatic heterocycles. The highest BCUT2D eigenvalue weighted by atomic mass is 16.5. The van der Waals surface area contributed by atoms with E-state index in [0.717, 1.165) is 75.5 Å². The van der Waals surface area contributed by atoms with E-state index in [4.69, 9.17) is 4.74 Å². The molecule has 0 radical (unpaired) electrons. The number of carbonyl (C=O) groups is 1. The third kappa shape index (κ3) is 4.83. The van der Waals surface area contributed by atoms with Crippen molar-refractivity contribution in [3.8, 4) is 11.1 Å². The smallest absolute Gasteiger partial charge is 0.317 e. The highest BCUT2D eigenvalue weighted by Crippen LogP contribution is 2.36. The quantitative estimate of drug-likeness (QED) is 0.690. The van der Waals surface area contributed by atoms with Crippen molar-refractivity contribution in [3.05, 3.63) is 58.0 Å². The molecule has 2 atom stereocenters. The van der Waals surface area contributed by atoms with Crippen LogP contribution in [0.25, 0.3) is 11.1 Å². The minimum atomic E-state index is 0.0866. The predicted octanol–water partition coefficient (Wildman–Crippen LogP) is 2.39. The molecule has 3 fully saturated rings. The molecule has 1 aromatic heterocycles. The number of piperidine rings is 1. The molecule has 2 N–H and O–H groups in total. The van der Waals surface area contributed by atoms with Gasteiger partial charge in [-0.05, 0) is 42.9 Å². The van der Waals surface area contributed by atoms with E-state index in [1.165, 1.54) is 29.7 Å². The van der Waals surface area contributed by atoms with Crippen molar-refractivity contribution in [1.82, 2.24) is 14.8 Å². The Morgan fingerprint density at radius 3 is 2.61 bits per heavy atom. The van der Waals surface area contributed by atoms with Crippen LogP contribution in [0.1, 0.15) is 55.7 Å². The van der Waals surface area contributed by atoms with Gasteiger partial charge in [0.25, 0.3) is 5.56 Å². The number of rotatable bonds is 4. The molecule has 36 heavy (non-hydrogen) atoms. The molecule has 1 aliphatic carbocycles. The van der Waals surface area contributed by atoms with Gasteiger partial charge >= 0.3 is 6.03 Å². The number of morpholine rings is 1. The largest absolute Gasteiger partial charge is 0.370 e. The second-order valence-corrected chi connectivity index (χ2v) is 11.3. The minimum Gasteiger partial charge on any atom is -0.370 e. The van der Waals surface area contributed by atoms with Gasteiger partial charge in [-0.25, -0.2) is 4.79 Å². The van der Waals surface area contributed by atoms with E-state index >= 15 is 0 Å². The van der Waals surface area contributed by atoms with Gasteiger partial charge < -0.3 is 24.4 Å². The van der Waals surface area contributed by atoms with Crippen LogP contribution in [0.2, 0.25) is 0 Å². The van der Waals surface area contributed by atoms with Crippen molar-refractivity contribution in [3.63, 3.8) is 0 Å². The third-order valence-electron chi connectivity index (χ3n) is 8.77. The summed E-state index contributed by atoms with van der Waals surface area (Å²) in [6.45, 7) is 6.67. The van der Waals surface area contributed by atoms with Gasteiger partial charge in [-0.15, -0.1) is 0 Å². The minimum absolute atomic E-state index is 0.0866. The summed E-state index contributed by atoms with van der Waals surface area (Å²) in [5.74, 6) is 0.554. The van der Waals surface area contributed by atoms with Crippen molar-refractivity contribution >= 4 is 6.03 Å². The van der Waals surface area contributed by atoms with Crippen LogP contribution >= 0.6 is 0 Å². The number of pyridine rings is 1. The van der Waals surface area contributed by atoms with Crippen molar-refractivity contribution < 1.29 is 14.4 Å². The van der Waals surface area contributed by atoms with Crippen LogP contribution in [-0.4, -0.2) is 60.9 Å². The van der Waals surface area contributed by atoms with Crippen LogP contribution in [0.5, 0.6) is 0 Å². The number of likely N-dealkylation sites (tertiary alicyclic amines) is 1. The van der Waals surface area contributed by atoms with Crippen LogP contribution in [0.15, 0.2) is 41.2 Å². The van der Waals surface area contributed by atoms with E-state index in [9.17, 15) is 9.59 Å². The number of hydrogen-bond acceptors (Lipinski definition) is 3. The first-order chi connectivity index (χ1) is 17.7. The Morgan fingerprint density at radius 1 is 0.972 bits per heavy atom. The zero-order valence-corrected chi connectivity index (χ0v) is 21.2. The Hall–Kier alpha value is -2.64. The first-order valence-electron chi connectivity index (χ1n) is 13.9. The Kier molecular flexibility index (Phi) is 6.85. The van der Waals surface area contributed by atoms with Gasteiger partial charge in [-0.3, -0.25) is 4.79 Å². The monoisotopic (exact) mass is 491 g/mol. The summed E-state index contributed by atoms with van der Waals surface area (Å²) in [7, 11) is 0. The van der Waals surface area contributed by atoms with Gasteiger partial charge in [0.2, 0.25) is 0 Å². The van der Waals surface area contributed by atoms with Gasteiger partial charge in [0.05, 0.1) is 13.2 Å². The molecule has 4 aliphatic rings. The van der Waals surface area contributed by atoms with Crippen molar-refractivity contribution in [1.29, 1.82) is 0 Å². The summed E-state index contributed by atoms with van der Waals surface area (Å²) in [6.07, 6.45) is 6.97. The van der Waals surface area contributed by atoms with E-state index in [2.05, 4.69) is 29.6 Å². The molecule has 2 bridgehead atoms. The maximum Gasteiger partial charge on any atom is 0.317 e. The first-order valence-corrected chi connectivity index (χ1v) is 13.9. The van der Waals surface area contributed by atoms with Gasteiger partial charge in [0.15, 0.2) is 0 Å². The molecule has 0 spiro atoms. The number of hydrogen-bond donors (Lipinski definition) is 2. The fourth-order valence-corrected chi connectivity index (χ4v) is 6.87. The zero-order chi connectivity index (χ0) is 24.5. The van der Waals surface area contributed by atoms with E-state index in [-0.39, 0.29) is 17.5 Å². The SMILES string of the molecule is O=C(NC1CCCCC1)N1C[C@@H]2C[C@H](C1)c1ccc(-c3ccccc3C[NH+]3CCOCC3)c(=O)n1C2. The summed E-state index contributed by atoms with van der Waals surface area (Å²) in [6, 6.07) is 13.0. The Bertz CT molecular complexity index is 1150. The molecule has 1 aromatic carbocycles. The highest BCUT2D eigenvalue weighted by molar-refractivity contribution is 5.75. The molecule has 6 rings (SSSR count). The topological polar surface area (TPSA) is 68.0 Å². The number of quaternary nitrogens is 1. The summed E-state index contributed by atoms with van der Waals surface area (Å²) in [5.41, 5.74) is 4.29. The number of nitrogens with one attached hydrogen (secondary N) is 2. The van der Waals surface area contributed by atoms with Crippen molar-refractivity contribution in [2.45, 2.75) is 63.6 Å².